The lowest BCUT2D eigenvalue weighted by molar-refractivity contribution is -0.134. The third-order valence-electron chi connectivity index (χ3n) is 4.87. The summed E-state index contributed by atoms with van der Waals surface area (Å²) in [6.07, 6.45) is 4.26. The molecule has 1 amide bonds. The molecule has 1 fully saturated rings. The lowest BCUT2D eigenvalue weighted by Gasteiger charge is -2.34. The summed E-state index contributed by atoms with van der Waals surface area (Å²) >= 11 is 0. The van der Waals surface area contributed by atoms with Crippen LogP contribution in [0.5, 0.6) is 0 Å². The molecule has 1 N–H and O–H groups in total. The van der Waals surface area contributed by atoms with Crippen LogP contribution in [-0.2, 0) is 16.0 Å². The molecule has 2 aliphatic rings. The van der Waals surface area contributed by atoms with Crippen LogP contribution in [0.1, 0.15) is 36.4 Å². The van der Waals surface area contributed by atoms with Gasteiger partial charge in [-0.25, -0.2) is 0 Å². The summed E-state index contributed by atoms with van der Waals surface area (Å²) in [5.41, 5.74) is 2.71. The number of methoxy groups -OCH3 is 1. The number of nitrogens with one attached hydrogen (secondary N) is 1. The number of nitrogens with zero attached hydrogens (tertiary/aromatic N) is 1. The number of hydrogen-bond donors (Lipinski definition) is 1. The van der Waals surface area contributed by atoms with E-state index in [4.69, 9.17) is 4.74 Å². The van der Waals surface area contributed by atoms with Gasteiger partial charge in [-0.2, -0.15) is 0 Å². The van der Waals surface area contributed by atoms with Gasteiger partial charge in [0.2, 0.25) is 5.91 Å². The number of ether oxygens (including phenoxy) is 1. The van der Waals surface area contributed by atoms with Crippen LogP contribution in [0, 0.1) is 0 Å². The largest absolute Gasteiger partial charge is 0.380 e. The van der Waals surface area contributed by atoms with Gasteiger partial charge in [-0.3, -0.25) is 4.79 Å². The Kier molecular flexibility index (Phi) is 4.27. The molecule has 1 aliphatic heterocycles. The summed E-state index contributed by atoms with van der Waals surface area (Å²) < 4.78 is 5.34. The molecule has 3 unspecified atom stereocenters. The first-order valence-electron chi connectivity index (χ1n) is 7.81. The monoisotopic (exact) mass is 288 g/mol. The van der Waals surface area contributed by atoms with E-state index in [9.17, 15) is 4.79 Å². The zero-order chi connectivity index (χ0) is 14.8. The number of rotatable bonds is 3. The third kappa shape index (κ3) is 2.83. The summed E-state index contributed by atoms with van der Waals surface area (Å²) in [4.78, 5) is 14.7. The van der Waals surface area contributed by atoms with E-state index in [0.717, 1.165) is 32.2 Å². The number of amides is 1. The minimum absolute atomic E-state index is 0.103. The van der Waals surface area contributed by atoms with Crippen LogP contribution in [0.2, 0.25) is 0 Å². The minimum atomic E-state index is -0.103. The van der Waals surface area contributed by atoms with Crippen molar-refractivity contribution >= 4 is 5.91 Å². The highest BCUT2D eigenvalue weighted by molar-refractivity contribution is 5.82. The Hall–Kier alpha value is -1.39. The molecular formula is C17H24N2O2. The number of hydrogen-bond acceptors (Lipinski definition) is 3. The van der Waals surface area contributed by atoms with Crippen molar-refractivity contribution in [3.63, 3.8) is 0 Å². The molecule has 0 saturated carbocycles. The van der Waals surface area contributed by atoms with Crippen molar-refractivity contribution in [2.24, 2.45) is 0 Å². The molecule has 1 aliphatic carbocycles. The Morgan fingerprint density at radius 2 is 2.19 bits per heavy atom. The molecule has 1 aromatic rings. The van der Waals surface area contributed by atoms with Gasteiger partial charge >= 0.3 is 0 Å². The van der Waals surface area contributed by atoms with Crippen molar-refractivity contribution in [2.45, 2.75) is 43.9 Å². The molecule has 21 heavy (non-hydrogen) atoms. The molecular weight excluding hydrogens is 264 g/mol. The number of fused-ring (bicyclic) bond motifs is 1. The molecule has 0 bridgehead atoms. The van der Waals surface area contributed by atoms with Gasteiger partial charge in [0.25, 0.3) is 0 Å². The zero-order valence-corrected chi connectivity index (χ0v) is 12.8. The quantitative estimate of drug-likeness (QED) is 0.923. The normalized spacial score (nSPS) is 28.2. The lowest BCUT2D eigenvalue weighted by atomic mass is 9.87. The van der Waals surface area contributed by atoms with E-state index in [-0.39, 0.29) is 24.1 Å². The van der Waals surface area contributed by atoms with Crippen LogP contribution < -0.4 is 5.32 Å². The van der Waals surface area contributed by atoms with Crippen molar-refractivity contribution in [1.82, 2.24) is 10.2 Å². The smallest absolute Gasteiger partial charge is 0.240 e. The maximum atomic E-state index is 12.7. The number of benzene rings is 1. The van der Waals surface area contributed by atoms with Crippen LogP contribution in [0.3, 0.4) is 0 Å². The molecule has 3 atom stereocenters. The van der Waals surface area contributed by atoms with Crippen LogP contribution in [0.25, 0.3) is 0 Å². The molecule has 1 heterocycles. The van der Waals surface area contributed by atoms with Gasteiger partial charge in [-0.15, -0.1) is 0 Å². The highest BCUT2D eigenvalue weighted by Crippen LogP contribution is 2.34. The van der Waals surface area contributed by atoms with Gasteiger partial charge in [0.15, 0.2) is 0 Å². The molecule has 114 valence electrons. The van der Waals surface area contributed by atoms with Gasteiger partial charge in [-0.1, -0.05) is 24.3 Å². The Morgan fingerprint density at radius 1 is 1.38 bits per heavy atom. The first-order valence-corrected chi connectivity index (χ1v) is 7.81. The van der Waals surface area contributed by atoms with E-state index in [0.29, 0.717) is 0 Å². The SMILES string of the molecule is COC1CNC(C(=O)N(C)C2CCCc3ccccc32)C1. The van der Waals surface area contributed by atoms with E-state index in [1.807, 2.05) is 11.9 Å². The Labute approximate surface area is 126 Å². The number of carbonyl (C=O) groups excluding carboxylic acids is 1. The van der Waals surface area contributed by atoms with E-state index in [2.05, 4.69) is 29.6 Å². The predicted octanol–water partition coefficient (Wildman–Crippen LogP) is 1.90. The predicted molar refractivity (Wildman–Crippen MR) is 82.1 cm³/mol. The molecule has 1 saturated heterocycles. The van der Waals surface area contributed by atoms with Crippen LogP contribution in [0.4, 0.5) is 0 Å². The molecule has 4 nitrogen and oxygen atoms in total. The highest BCUT2D eigenvalue weighted by Gasteiger charge is 2.34. The fourth-order valence-corrected chi connectivity index (χ4v) is 3.60. The summed E-state index contributed by atoms with van der Waals surface area (Å²) in [6.45, 7) is 0.766. The van der Waals surface area contributed by atoms with Crippen molar-refractivity contribution in [2.75, 3.05) is 20.7 Å². The first-order chi connectivity index (χ1) is 10.2. The minimum Gasteiger partial charge on any atom is -0.380 e. The van der Waals surface area contributed by atoms with Gasteiger partial charge in [0, 0.05) is 20.7 Å². The van der Waals surface area contributed by atoms with Crippen molar-refractivity contribution < 1.29 is 9.53 Å². The molecule has 4 heteroatoms. The fourth-order valence-electron chi connectivity index (χ4n) is 3.60. The molecule has 3 rings (SSSR count). The summed E-state index contributed by atoms with van der Waals surface area (Å²) in [5, 5.41) is 3.29. The van der Waals surface area contributed by atoms with E-state index >= 15 is 0 Å². The second kappa shape index (κ2) is 6.16. The summed E-state index contributed by atoms with van der Waals surface area (Å²) in [6, 6.07) is 8.63. The zero-order valence-electron chi connectivity index (χ0n) is 12.8. The maximum Gasteiger partial charge on any atom is 0.240 e. The lowest BCUT2D eigenvalue weighted by Crippen LogP contribution is -2.43. The molecule has 0 spiro atoms. The topological polar surface area (TPSA) is 41.6 Å². The van der Waals surface area contributed by atoms with Gasteiger partial charge < -0.3 is 15.0 Å². The van der Waals surface area contributed by atoms with Crippen molar-refractivity contribution in [1.29, 1.82) is 0 Å². The van der Waals surface area contributed by atoms with E-state index in [1.165, 1.54) is 11.1 Å². The van der Waals surface area contributed by atoms with Gasteiger partial charge in [0.05, 0.1) is 18.2 Å². The average molecular weight is 288 g/mol. The van der Waals surface area contributed by atoms with Crippen LogP contribution in [-0.4, -0.2) is 43.7 Å². The van der Waals surface area contributed by atoms with E-state index in [1.54, 1.807) is 7.11 Å². The molecule has 0 radical (unpaired) electrons. The standard InChI is InChI=1S/C17H24N2O2/c1-19(17(20)15-10-13(21-2)11-18-15)16-9-5-7-12-6-3-4-8-14(12)16/h3-4,6,8,13,15-16,18H,5,7,9-11H2,1-2H3. The first kappa shape index (κ1) is 14.5. The van der Waals surface area contributed by atoms with Crippen molar-refractivity contribution in [3.05, 3.63) is 35.4 Å². The van der Waals surface area contributed by atoms with Gasteiger partial charge in [-0.05, 0) is 36.8 Å². The maximum absolute atomic E-state index is 12.7. The fraction of sp³-hybridized carbons (Fsp3) is 0.588. The molecule has 0 aromatic heterocycles. The van der Waals surface area contributed by atoms with Gasteiger partial charge in [0.1, 0.15) is 0 Å². The Morgan fingerprint density at radius 3 is 2.95 bits per heavy atom. The average Bonchev–Trinajstić information content (AvgIpc) is 3.02. The van der Waals surface area contributed by atoms with E-state index < -0.39 is 0 Å². The Bertz CT molecular complexity index is 517. The third-order valence-corrected chi connectivity index (χ3v) is 4.87. The highest BCUT2D eigenvalue weighted by atomic mass is 16.5. The van der Waals surface area contributed by atoms with Crippen LogP contribution in [0.15, 0.2) is 24.3 Å². The second-order valence-electron chi connectivity index (χ2n) is 6.11. The van der Waals surface area contributed by atoms with Crippen molar-refractivity contribution in [3.8, 4) is 0 Å². The number of aryl methyl sites for hydroxylation is 1. The summed E-state index contributed by atoms with van der Waals surface area (Å²) in [5.74, 6) is 0.191. The molecule has 1 aromatic carbocycles. The Balaban J connectivity index is 1.74. The number of likely N-dealkylation sites (N-methyl/N-ethyl adjacent to an activating group) is 1. The second-order valence-corrected chi connectivity index (χ2v) is 6.11. The van der Waals surface area contributed by atoms with Crippen LogP contribution >= 0.6 is 0 Å². The number of carbonyl (C=O) groups is 1. The summed E-state index contributed by atoms with van der Waals surface area (Å²) in [7, 11) is 3.65.